The second-order valence-electron chi connectivity index (χ2n) is 5.76. The molecular formula is C14H12F4N2O. The summed E-state index contributed by atoms with van der Waals surface area (Å²) in [6.45, 7) is 0.854. The molecule has 2 fully saturated rings. The number of halogens is 4. The van der Waals surface area contributed by atoms with Crippen LogP contribution in [0.4, 0.5) is 23.2 Å². The third kappa shape index (κ3) is 2.14. The number of anilines is 1. The van der Waals surface area contributed by atoms with Crippen molar-refractivity contribution in [3.05, 3.63) is 29.1 Å². The SMILES string of the molecule is N#Cc1cc(F)c(C(F)(F)F)cc1N1CC2CC2(CO)C1. The van der Waals surface area contributed by atoms with Crippen LogP contribution in [-0.2, 0) is 6.18 Å². The second kappa shape index (κ2) is 4.34. The van der Waals surface area contributed by atoms with Crippen molar-refractivity contribution in [3.63, 3.8) is 0 Å². The van der Waals surface area contributed by atoms with E-state index in [0.717, 1.165) is 6.42 Å². The molecule has 1 saturated carbocycles. The average Bonchev–Trinajstić information content (AvgIpc) is 2.99. The Bertz CT molecular complexity index is 633. The van der Waals surface area contributed by atoms with Gasteiger partial charge in [-0.25, -0.2) is 4.39 Å². The van der Waals surface area contributed by atoms with Crippen LogP contribution in [0.2, 0.25) is 0 Å². The van der Waals surface area contributed by atoms with Crippen LogP contribution in [0.25, 0.3) is 0 Å². The second-order valence-corrected chi connectivity index (χ2v) is 5.76. The van der Waals surface area contributed by atoms with Crippen LogP contribution in [-0.4, -0.2) is 24.8 Å². The number of piperidine rings is 1. The number of aliphatic hydroxyl groups is 1. The lowest BCUT2D eigenvalue weighted by Gasteiger charge is -2.24. The largest absolute Gasteiger partial charge is 0.419 e. The Kier molecular flexibility index (Phi) is 2.92. The lowest BCUT2D eigenvalue weighted by Crippen LogP contribution is -2.27. The average molecular weight is 300 g/mol. The standard InChI is InChI=1S/C14H12F4N2O/c15-11-1-8(4-19)12(2-10(11)14(16,17)18)20-5-9-3-13(9,6-20)7-21/h1-2,9,21H,3,5-7H2. The number of rotatable bonds is 2. The molecule has 21 heavy (non-hydrogen) atoms. The van der Waals surface area contributed by atoms with Crippen molar-refractivity contribution in [2.75, 3.05) is 24.6 Å². The van der Waals surface area contributed by atoms with E-state index in [2.05, 4.69) is 0 Å². The number of aliphatic hydroxyl groups excluding tert-OH is 1. The van der Waals surface area contributed by atoms with Gasteiger partial charge >= 0.3 is 6.18 Å². The molecule has 1 aromatic rings. The molecule has 1 N–H and O–H groups in total. The minimum Gasteiger partial charge on any atom is -0.396 e. The van der Waals surface area contributed by atoms with Gasteiger partial charge in [0, 0.05) is 18.5 Å². The van der Waals surface area contributed by atoms with Crippen LogP contribution >= 0.6 is 0 Å². The van der Waals surface area contributed by atoms with E-state index in [1.54, 1.807) is 11.0 Å². The smallest absolute Gasteiger partial charge is 0.396 e. The minimum atomic E-state index is -4.80. The van der Waals surface area contributed by atoms with Crippen molar-refractivity contribution in [2.24, 2.45) is 11.3 Å². The van der Waals surface area contributed by atoms with E-state index in [1.165, 1.54) is 0 Å². The monoisotopic (exact) mass is 300 g/mol. The number of hydrogen-bond donors (Lipinski definition) is 1. The molecule has 1 aliphatic heterocycles. The zero-order chi connectivity index (χ0) is 15.4. The summed E-state index contributed by atoms with van der Waals surface area (Å²) in [5.41, 5.74) is -1.66. The van der Waals surface area contributed by atoms with Crippen molar-refractivity contribution in [1.82, 2.24) is 0 Å². The van der Waals surface area contributed by atoms with Gasteiger partial charge in [0.25, 0.3) is 0 Å². The van der Waals surface area contributed by atoms with E-state index in [1.807, 2.05) is 0 Å². The van der Waals surface area contributed by atoms with Gasteiger partial charge in [0.15, 0.2) is 0 Å². The lowest BCUT2D eigenvalue weighted by atomic mass is 10.1. The van der Waals surface area contributed by atoms with E-state index >= 15 is 0 Å². The molecule has 7 heteroatoms. The molecule has 2 atom stereocenters. The Morgan fingerprint density at radius 3 is 2.67 bits per heavy atom. The van der Waals surface area contributed by atoms with Crippen LogP contribution in [0, 0.1) is 28.5 Å². The predicted octanol–water partition coefficient (Wildman–Crippen LogP) is 2.53. The molecule has 3 rings (SSSR count). The maximum Gasteiger partial charge on any atom is 0.419 e. The first-order valence-corrected chi connectivity index (χ1v) is 6.47. The van der Waals surface area contributed by atoms with Crippen molar-refractivity contribution >= 4 is 5.69 Å². The molecule has 2 unspecified atom stereocenters. The lowest BCUT2D eigenvalue weighted by molar-refractivity contribution is -0.139. The number of benzene rings is 1. The molecule has 0 spiro atoms. The number of alkyl halides is 3. The Morgan fingerprint density at radius 2 is 2.14 bits per heavy atom. The Hall–Kier alpha value is -1.81. The van der Waals surface area contributed by atoms with Crippen LogP contribution in [0.15, 0.2) is 12.1 Å². The van der Waals surface area contributed by atoms with Gasteiger partial charge in [-0.3, -0.25) is 0 Å². The quantitative estimate of drug-likeness (QED) is 0.854. The molecule has 0 bridgehead atoms. The Labute approximate surface area is 118 Å². The number of hydrogen-bond acceptors (Lipinski definition) is 3. The first-order valence-electron chi connectivity index (χ1n) is 6.47. The highest BCUT2D eigenvalue weighted by Crippen LogP contribution is 2.58. The van der Waals surface area contributed by atoms with Crippen molar-refractivity contribution in [1.29, 1.82) is 5.26 Å². The van der Waals surface area contributed by atoms with Crippen LogP contribution < -0.4 is 4.90 Å². The fraction of sp³-hybridized carbons (Fsp3) is 0.500. The molecule has 1 aliphatic carbocycles. The molecule has 0 aromatic heterocycles. The summed E-state index contributed by atoms with van der Waals surface area (Å²) < 4.78 is 51.9. The van der Waals surface area contributed by atoms with E-state index in [0.29, 0.717) is 25.2 Å². The topological polar surface area (TPSA) is 47.3 Å². The zero-order valence-corrected chi connectivity index (χ0v) is 10.9. The zero-order valence-electron chi connectivity index (χ0n) is 10.9. The third-order valence-corrected chi connectivity index (χ3v) is 4.47. The van der Waals surface area contributed by atoms with E-state index in [9.17, 15) is 22.7 Å². The maximum atomic E-state index is 13.5. The van der Waals surface area contributed by atoms with Gasteiger partial charge in [0.05, 0.1) is 23.4 Å². The van der Waals surface area contributed by atoms with Crippen molar-refractivity contribution < 1.29 is 22.7 Å². The van der Waals surface area contributed by atoms with Crippen LogP contribution in [0.3, 0.4) is 0 Å². The molecule has 0 radical (unpaired) electrons. The van der Waals surface area contributed by atoms with Crippen molar-refractivity contribution in [3.8, 4) is 6.07 Å². The number of fused-ring (bicyclic) bond motifs is 1. The Balaban J connectivity index is 2.01. The van der Waals surface area contributed by atoms with Crippen LogP contribution in [0.5, 0.6) is 0 Å². The summed E-state index contributed by atoms with van der Waals surface area (Å²) in [7, 11) is 0. The van der Waals surface area contributed by atoms with Crippen LogP contribution in [0.1, 0.15) is 17.5 Å². The van der Waals surface area contributed by atoms with Gasteiger partial charge in [0.1, 0.15) is 11.9 Å². The third-order valence-electron chi connectivity index (χ3n) is 4.47. The summed E-state index contributed by atoms with van der Waals surface area (Å²) in [5.74, 6) is -1.21. The fourth-order valence-electron chi connectivity index (χ4n) is 3.15. The summed E-state index contributed by atoms with van der Waals surface area (Å²) in [6.07, 6.45) is -3.96. The molecule has 1 aromatic carbocycles. The van der Waals surface area contributed by atoms with Gasteiger partial charge in [0.2, 0.25) is 0 Å². The molecule has 112 valence electrons. The summed E-state index contributed by atoms with van der Waals surface area (Å²) in [6, 6.07) is 3.07. The molecular weight excluding hydrogens is 288 g/mol. The summed E-state index contributed by atoms with van der Waals surface area (Å²) >= 11 is 0. The Morgan fingerprint density at radius 1 is 1.43 bits per heavy atom. The first-order chi connectivity index (χ1) is 9.80. The molecule has 0 amide bonds. The minimum absolute atomic E-state index is 0.0244. The number of nitriles is 1. The predicted molar refractivity (Wildman–Crippen MR) is 66.0 cm³/mol. The highest BCUT2D eigenvalue weighted by atomic mass is 19.4. The van der Waals surface area contributed by atoms with E-state index in [4.69, 9.17) is 5.26 Å². The number of nitrogens with zero attached hydrogens (tertiary/aromatic N) is 2. The normalized spacial score (nSPS) is 27.4. The van der Waals surface area contributed by atoms with Gasteiger partial charge in [-0.15, -0.1) is 0 Å². The van der Waals surface area contributed by atoms with E-state index < -0.39 is 17.6 Å². The highest BCUT2D eigenvalue weighted by Gasteiger charge is 2.59. The van der Waals surface area contributed by atoms with E-state index in [-0.39, 0.29) is 29.2 Å². The summed E-state index contributed by atoms with van der Waals surface area (Å²) in [4.78, 5) is 1.64. The summed E-state index contributed by atoms with van der Waals surface area (Å²) in [5, 5.41) is 18.4. The fourth-order valence-corrected chi connectivity index (χ4v) is 3.15. The van der Waals surface area contributed by atoms with Gasteiger partial charge < -0.3 is 10.0 Å². The van der Waals surface area contributed by atoms with Gasteiger partial charge in [-0.2, -0.15) is 18.4 Å². The molecule has 2 aliphatic rings. The molecule has 1 saturated heterocycles. The van der Waals surface area contributed by atoms with Gasteiger partial charge in [-0.1, -0.05) is 0 Å². The molecule has 3 nitrogen and oxygen atoms in total. The molecule has 1 heterocycles. The first kappa shape index (κ1) is 14.1. The maximum absolute atomic E-state index is 13.5. The van der Waals surface area contributed by atoms with Gasteiger partial charge in [-0.05, 0) is 24.5 Å². The highest BCUT2D eigenvalue weighted by molar-refractivity contribution is 5.63. The van der Waals surface area contributed by atoms with Crippen molar-refractivity contribution in [2.45, 2.75) is 12.6 Å².